The highest BCUT2D eigenvalue weighted by Crippen LogP contribution is 2.36. The summed E-state index contributed by atoms with van der Waals surface area (Å²) < 4.78 is 27.7. The minimum atomic E-state index is -3.32. The molecule has 6 heteroatoms. The number of sulfonamides is 1. The van der Waals surface area contributed by atoms with Crippen molar-refractivity contribution in [3.63, 3.8) is 0 Å². The molecule has 0 amide bonds. The summed E-state index contributed by atoms with van der Waals surface area (Å²) in [7, 11) is -3.32. The Morgan fingerprint density at radius 3 is 2.76 bits per heavy atom. The van der Waals surface area contributed by atoms with Crippen LogP contribution in [0.2, 0.25) is 0 Å². The van der Waals surface area contributed by atoms with Crippen molar-refractivity contribution in [3.05, 3.63) is 17.0 Å². The van der Waals surface area contributed by atoms with E-state index in [1.807, 2.05) is 19.9 Å². The lowest BCUT2D eigenvalue weighted by atomic mass is 10.0. The first-order chi connectivity index (χ1) is 9.89. The fraction of sp³-hybridized carbons (Fsp3) is 0.733. The van der Waals surface area contributed by atoms with E-state index in [1.165, 1.54) is 24.2 Å². The minimum Gasteiger partial charge on any atom is -0.314 e. The fourth-order valence-electron chi connectivity index (χ4n) is 2.95. The van der Waals surface area contributed by atoms with Crippen LogP contribution in [-0.4, -0.2) is 37.4 Å². The average molecular weight is 329 g/mol. The fourth-order valence-corrected chi connectivity index (χ4v) is 6.27. The molecule has 4 nitrogen and oxygen atoms in total. The van der Waals surface area contributed by atoms with Crippen molar-refractivity contribution >= 4 is 21.4 Å². The quantitative estimate of drug-likeness (QED) is 0.873. The third kappa shape index (κ3) is 3.33. The van der Waals surface area contributed by atoms with Gasteiger partial charge in [0.05, 0.1) is 0 Å². The largest absolute Gasteiger partial charge is 0.314 e. The van der Waals surface area contributed by atoms with Gasteiger partial charge < -0.3 is 5.32 Å². The first-order valence-corrected chi connectivity index (χ1v) is 10.0. The minimum absolute atomic E-state index is 0.253. The average Bonchev–Trinajstić information content (AvgIpc) is 2.95. The predicted octanol–water partition coefficient (Wildman–Crippen LogP) is 2.61. The molecule has 3 rings (SSSR count). The van der Waals surface area contributed by atoms with E-state index in [0.717, 1.165) is 30.7 Å². The lowest BCUT2D eigenvalue weighted by Crippen LogP contribution is -2.42. The summed E-state index contributed by atoms with van der Waals surface area (Å²) in [6.07, 6.45) is 5.38. The van der Waals surface area contributed by atoms with Crippen LogP contribution in [0.4, 0.5) is 0 Å². The molecule has 0 bridgehead atoms. The molecule has 0 aromatic carbocycles. The molecule has 0 atom stereocenters. The van der Waals surface area contributed by atoms with Gasteiger partial charge in [-0.05, 0) is 58.1 Å². The number of hydrogen-bond donors (Lipinski definition) is 1. The van der Waals surface area contributed by atoms with E-state index in [1.54, 1.807) is 10.4 Å². The summed E-state index contributed by atoms with van der Waals surface area (Å²) in [6.45, 7) is 5.63. The Labute approximate surface area is 131 Å². The number of nitrogens with zero attached hydrogens (tertiary/aromatic N) is 1. The molecule has 1 aliphatic carbocycles. The number of rotatable bonds is 6. The maximum atomic E-state index is 12.8. The van der Waals surface area contributed by atoms with Crippen LogP contribution in [0.3, 0.4) is 0 Å². The van der Waals surface area contributed by atoms with Crippen LogP contribution in [-0.2, 0) is 16.4 Å². The van der Waals surface area contributed by atoms with Crippen LogP contribution in [0.5, 0.6) is 0 Å². The molecule has 1 saturated carbocycles. The van der Waals surface area contributed by atoms with Gasteiger partial charge in [0, 0.05) is 29.5 Å². The Hall–Kier alpha value is -0.430. The molecule has 2 fully saturated rings. The summed E-state index contributed by atoms with van der Waals surface area (Å²) in [5, 5.41) is 3.47. The summed E-state index contributed by atoms with van der Waals surface area (Å²) >= 11 is 1.43. The van der Waals surface area contributed by atoms with Gasteiger partial charge in [0.25, 0.3) is 10.0 Å². The van der Waals surface area contributed by atoms with Crippen LogP contribution in [0.1, 0.15) is 44.4 Å². The molecule has 2 heterocycles. The Balaban J connectivity index is 1.69. The maximum Gasteiger partial charge on any atom is 0.253 e. The molecule has 1 aromatic rings. The van der Waals surface area contributed by atoms with Gasteiger partial charge in [-0.1, -0.05) is 0 Å². The summed E-state index contributed by atoms with van der Waals surface area (Å²) in [4.78, 5) is 1.15. The summed E-state index contributed by atoms with van der Waals surface area (Å²) in [6, 6.07) is 4.45. The third-order valence-electron chi connectivity index (χ3n) is 4.39. The Morgan fingerprint density at radius 1 is 1.38 bits per heavy atom. The first kappa shape index (κ1) is 15.5. The van der Waals surface area contributed by atoms with Gasteiger partial charge in [-0.25, -0.2) is 8.42 Å². The number of nitrogens with one attached hydrogen (secondary N) is 1. The Kier molecular flexibility index (Phi) is 4.16. The second-order valence-electron chi connectivity index (χ2n) is 6.69. The molecule has 1 aromatic heterocycles. The van der Waals surface area contributed by atoms with Crippen LogP contribution < -0.4 is 5.32 Å². The zero-order chi connectivity index (χ0) is 15.1. The van der Waals surface area contributed by atoms with Crippen molar-refractivity contribution < 1.29 is 8.42 Å². The number of thiophene rings is 1. The molecule has 118 valence electrons. The van der Waals surface area contributed by atoms with Crippen molar-refractivity contribution in [2.45, 2.75) is 61.7 Å². The maximum absolute atomic E-state index is 12.8. The van der Waals surface area contributed by atoms with Crippen LogP contribution in [0.15, 0.2) is 16.3 Å². The molecule has 0 unspecified atom stereocenters. The molecular formula is C15H24N2O2S2. The normalized spacial score (nSPS) is 22.8. The molecular weight excluding hydrogens is 304 g/mol. The van der Waals surface area contributed by atoms with E-state index in [4.69, 9.17) is 0 Å². The van der Waals surface area contributed by atoms with E-state index >= 15 is 0 Å². The second-order valence-corrected chi connectivity index (χ2v) is 9.95. The monoisotopic (exact) mass is 328 g/mol. The van der Waals surface area contributed by atoms with Crippen molar-refractivity contribution in [3.8, 4) is 0 Å². The lowest BCUT2D eigenvalue weighted by Gasteiger charge is -2.29. The van der Waals surface area contributed by atoms with Gasteiger partial charge in [0.1, 0.15) is 4.21 Å². The third-order valence-corrected chi connectivity index (χ3v) is 8.11. The van der Waals surface area contributed by atoms with Gasteiger partial charge >= 0.3 is 0 Å². The molecule has 1 N–H and O–H groups in total. The highest BCUT2D eigenvalue weighted by molar-refractivity contribution is 7.91. The standard InChI is InChI=1S/C15H24N2O2S2/c1-15(2)9-3-11-17(15)21(18,19)14-7-6-13(20-14)8-10-16-12-4-5-12/h6-7,12,16H,3-5,8-11H2,1-2H3. The second kappa shape index (κ2) is 5.65. The van der Waals surface area contributed by atoms with E-state index in [2.05, 4.69) is 5.32 Å². The van der Waals surface area contributed by atoms with Crippen LogP contribution in [0.25, 0.3) is 0 Å². The zero-order valence-corrected chi connectivity index (χ0v) is 14.4. The topological polar surface area (TPSA) is 49.4 Å². The van der Waals surface area contributed by atoms with Crippen molar-refractivity contribution in [2.24, 2.45) is 0 Å². The lowest BCUT2D eigenvalue weighted by molar-refractivity contribution is 0.292. The van der Waals surface area contributed by atoms with Gasteiger partial charge in [0.15, 0.2) is 0 Å². The van der Waals surface area contributed by atoms with E-state index < -0.39 is 10.0 Å². The molecule has 1 saturated heterocycles. The molecule has 0 radical (unpaired) electrons. The molecule has 0 spiro atoms. The SMILES string of the molecule is CC1(C)CCCN1S(=O)(=O)c1ccc(CCNC2CC2)s1. The molecule has 21 heavy (non-hydrogen) atoms. The summed E-state index contributed by atoms with van der Waals surface area (Å²) in [5.41, 5.74) is -0.253. The van der Waals surface area contributed by atoms with E-state index in [9.17, 15) is 8.42 Å². The number of hydrogen-bond acceptors (Lipinski definition) is 4. The van der Waals surface area contributed by atoms with E-state index in [0.29, 0.717) is 16.8 Å². The van der Waals surface area contributed by atoms with Gasteiger partial charge in [0.2, 0.25) is 0 Å². The van der Waals surface area contributed by atoms with Crippen LogP contribution >= 0.6 is 11.3 Å². The highest BCUT2D eigenvalue weighted by Gasteiger charge is 2.41. The van der Waals surface area contributed by atoms with E-state index in [-0.39, 0.29) is 5.54 Å². The zero-order valence-electron chi connectivity index (χ0n) is 12.8. The molecule has 2 aliphatic rings. The smallest absolute Gasteiger partial charge is 0.253 e. The first-order valence-electron chi connectivity index (χ1n) is 7.74. The molecule has 1 aliphatic heterocycles. The Morgan fingerprint density at radius 2 is 2.14 bits per heavy atom. The van der Waals surface area contributed by atoms with Gasteiger partial charge in [-0.15, -0.1) is 11.3 Å². The summed E-state index contributed by atoms with van der Waals surface area (Å²) in [5.74, 6) is 0. The van der Waals surface area contributed by atoms with Crippen molar-refractivity contribution in [2.75, 3.05) is 13.1 Å². The van der Waals surface area contributed by atoms with Crippen molar-refractivity contribution in [1.29, 1.82) is 0 Å². The van der Waals surface area contributed by atoms with Crippen molar-refractivity contribution in [1.82, 2.24) is 9.62 Å². The van der Waals surface area contributed by atoms with Gasteiger partial charge in [-0.2, -0.15) is 4.31 Å². The predicted molar refractivity (Wildman–Crippen MR) is 86.3 cm³/mol. The highest BCUT2D eigenvalue weighted by atomic mass is 32.2. The van der Waals surface area contributed by atoms with Crippen LogP contribution in [0, 0.1) is 0 Å². The Bertz CT molecular complexity index is 603. The van der Waals surface area contributed by atoms with Gasteiger partial charge in [-0.3, -0.25) is 0 Å².